The molecule has 0 spiro atoms. The van der Waals surface area contributed by atoms with Crippen molar-refractivity contribution >= 4 is 15.7 Å². The minimum atomic E-state index is -3.79. The summed E-state index contributed by atoms with van der Waals surface area (Å²) in [5.41, 5.74) is -1.04. The highest BCUT2D eigenvalue weighted by atomic mass is 32.2. The van der Waals surface area contributed by atoms with Crippen LogP contribution in [0.2, 0.25) is 0 Å². The van der Waals surface area contributed by atoms with Crippen LogP contribution in [0.3, 0.4) is 0 Å². The second-order valence-electron chi connectivity index (χ2n) is 5.28. The molecule has 0 unspecified atom stereocenters. The van der Waals surface area contributed by atoms with Crippen molar-refractivity contribution in [3.05, 3.63) is 33.9 Å². The normalized spacial score (nSPS) is 12.7. The average molecular weight is 302 g/mol. The van der Waals surface area contributed by atoms with E-state index < -0.39 is 20.5 Å². The topological polar surface area (TPSA) is 101 Å². The lowest BCUT2D eigenvalue weighted by Crippen LogP contribution is -2.39. The first kappa shape index (κ1) is 16.5. The number of nitro groups is 1. The molecule has 0 saturated carbocycles. The summed E-state index contributed by atoms with van der Waals surface area (Å²) in [5.74, 6) is 0. The molecule has 0 heterocycles. The molecule has 0 amide bonds. The van der Waals surface area contributed by atoms with Gasteiger partial charge in [0.15, 0.2) is 0 Å². The Kier molecular flexibility index (Phi) is 4.52. The third-order valence-corrected chi connectivity index (χ3v) is 4.63. The number of nitrogens with zero attached hydrogens (tertiary/aromatic N) is 2. The minimum Gasteiger partial charge on any atom is -0.389 e. The summed E-state index contributed by atoms with van der Waals surface area (Å²) in [4.78, 5) is 10.1. The summed E-state index contributed by atoms with van der Waals surface area (Å²) in [5, 5.41) is 20.3. The van der Waals surface area contributed by atoms with Crippen LogP contribution in [0.4, 0.5) is 5.69 Å². The molecule has 0 aliphatic carbocycles. The van der Waals surface area contributed by atoms with Gasteiger partial charge in [-0.1, -0.05) is 0 Å². The summed E-state index contributed by atoms with van der Waals surface area (Å²) in [6.07, 6.45) is 0. The zero-order chi connectivity index (χ0) is 15.7. The lowest BCUT2D eigenvalue weighted by molar-refractivity contribution is -0.385. The zero-order valence-electron chi connectivity index (χ0n) is 11.8. The van der Waals surface area contributed by atoms with Gasteiger partial charge in [0.1, 0.15) is 0 Å². The van der Waals surface area contributed by atoms with Crippen LogP contribution in [0.5, 0.6) is 0 Å². The Morgan fingerprint density at radius 2 is 1.95 bits per heavy atom. The van der Waals surface area contributed by atoms with Gasteiger partial charge in [0.25, 0.3) is 5.69 Å². The fourth-order valence-electron chi connectivity index (χ4n) is 1.83. The van der Waals surface area contributed by atoms with E-state index in [-0.39, 0.29) is 17.1 Å². The fraction of sp³-hybridized carbons (Fsp3) is 0.500. The van der Waals surface area contributed by atoms with E-state index in [9.17, 15) is 23.6 Å². The summed E-state index contributed by atoms with van der Waals surface area (Å²) in [7, 11) is -2.44. The van der Waals surface area contributed by atoms with E-state index in [4.69, 9.17) is 0 Å². The molecule has 0 aromatic heterocycles. The molecule has 0 bridgehead atoms. The molecule has 1 aromatic carbocycles. The number of hydrogen-bond acceptors (Lipinski definition) is 5. The number of sulfonamides is 1. The van der Waals surface area contributed by atoms with Crippen LogP contribution < -0.4 is 0 Å². The molecule has 1 N–H and O–H groups in total. The van der Waals surface area contributed by atoms with Crippen LogP contribution in [-0.2, 0) is 10.0 Å². The molecular weight excluding hydrogens is 284 g/mol. The second-order valence-corrected chi connectivity index (χ2v) is 7.29. The van der Waals surface area contributed by atoms with Crippen LogP contribution in [0.25, 0.3) is 0 Å². The highest BCUT2D eigenvalue weighted by Gasteiger charge is 2.28. The molecule has 8 heteroatoms. The lowest BCUT2D eigenvalue weighted by atomic mass is 10.1. The van der Waals surface area contributed by atoms with Crippen LogP contribution in [-0.4, -0.2) is 41.9 Å². The van der Waals surface area contributed by atoms with Gasteiger partial charge in [-0.15, -0.1) is 0 Å². The quantitative estimate of drug-likeness (QED) is 0.652. The average Bonchev–Trinajstić information content (AvgIpc) is 2.25. The molecule has 20 heavy (non-hydrogen) atoms. The first-order valence-corrected chi connectivity index (χ1v) is 7.33. The zero-order valence-corrected chi connectivity index (χ0v) is 12.6. The largest absolute Gasteiger partial charge is 0.389 e. The smallest absolute Gasteiger partial charge is 0.269 e. The number of hydrogen-bond donors (Lipinski definition) is 1. The van der Waals surface area contributed by atoms with Gasteiger partial charge in [0.2, 0.25) is 10.0 Å². The Hall–Kier alpha value is -1.51. The Bertz CT molecular complexity index is 619. The van der Waals surface area contributed by atoms with Crippen molar-refractivity contribution in [3.63, 3.8) is 0 Å². The van der Waals surface area contributed by atoms with E-state index in [0.717, 1.165) is 10.4 Å². The molecule has 0 radical (unpaired) electrons. The first-order valence-electron chi connectivity index (χ1n) is 5.89. The molecule has 0 fully saturated rings. The second kappa shape index (κ2) is 5.47. The van der Waals surface area contributed by atoms with Gasteiger partial charge >= 0.3 is 0 Å². The molecule has 0 aliphatic rings. The number of benzene rings is 1. The highest BCUT2D eigenvalue weighted by Crippen LogP contribution is 2.24. The Morgan fingerprint density at radius 3 is 2.35 bits per heavy atom. The number of aryl methyl sites for hydroxylation is 1. The van der Waals surface area contributed by atoms with E-state index in [2.05, 4.69) is 0 Å². The molecule has 1 rings (SSSR count). The van der Waals surface area contributed by atoms with Crippen molar-refractivity contribution in [1.82, 2.24) is 4.31 Å². The van der Waals surface area contributed by atoms with Crippen LogP contribution in [0, 0.1) is 17.0 Å². The van der Waals surface area contributed by atoms with Gasteiger partial charge < -0.3 is 5.11 Å². The van der Waals surface area contributed by atoms with Crippen LogP contribution in [0.1, 0.15) is 19.4 Å². The number of rotatable bonds is 5. The molecule has 0 aliphatic heterocycles. The van der Waals surface area contributed by atoms with Crippen LogP contribution in [0.15, 0.2) is 23.1 Å². The number of non-ortho nitro benzene ring substituents is 1. The highest BCUT2D eigenvalue weighted by molar-refractivity contribution is 7.89. The Balaban J connectivity index is 3.20. The fourth-order valence-corrected chi connectivity index (χ4v) is 3.36. The van der Waals surface area contributed by atoms with E-state index in [1.165, 1.54) is 40.0 Å². The van der Waals surface area contributed by atoms with Crippen molar-refractivity contribution in [2.75, 3.05) is 13.6 Å². The van der Waals surface area contributed by atoms with Gasteiger partial charge in [-0.2, -0.15) is 4.31 Å². The molecule has 0 saturated heterocycles. The van der Waals surface area contributed by atoms with Crippen molar-refractivity contribution in [2.45, 2.75) is 31.3 Å². The summed E-state index contributed by atoms with van der Waals surface area (Å²) in [6.45, 7) is 4.42. The Labute approximate surface area is 118 Å². The number of nitro benzene ring substituents is 1. The number of aliphatic hydroxyl groups is 1. The first-order chi connectivity index (χ1) is 8.95. The van der Waals surface area contributed by atoms with E-state index in [0.29, 0.717) is 5.56 Å². The molecule has 112 valence electrons. The van der Waals surface area contributed by atoms with Crippen molar-refractivity contribution in [3.8, 4) is 0 Å². The molecular formula is C12H18N2O5S. The van der Waals surface area contributed by atoms with Gasteiger partial charge in [-0.05, 0) is 32.4 Å². The minimum absolute atomic E-state index is 0.00477. The lowest BCUT2D eigenvalue weighted by Gasteiger charge is -2.25. The van der Waals surface area contributed by atoms with E-state index in [1.807, 2.05) is 0 Å². The monoisotopic (exact) mass is 302 g/mol. The maximum atomic E-state index is 12.4. The molecule has 1 aromatic rings. The number of likely N-dealkylation sites (N-methyl/N-ethyl adjacent to an activating group) is 1. The van der Waals surface area contributed by atoms with E-state index >= 15 is 0 Å². The van der Waals surface area contributed by atoms with Crippen molar-refractivity contribution in [2.24, 2.45) is 0 Å². The van der Waals surface area contributed by atoms with Crippen molar-refractivity contribution < 1.29 is 18.4 Å². The summed E-state index contributed by atoms with van der Waals surface area (Å²) >= 11 is 0. The maximum Gasteiger partial charge on any atom is 0.269 e. The predicted octanol–water partition coefficient (Wildman–Crippen LogP) is 1.29. The Morgan fingerprint density at radius 1 is 1.40 bits per heavy atom. The predicted molar refractivity (Wildman–Crippen MR) is 73.9 cm³/mol. The van der Waals surface area contributed by atoms with Crippen LogP contribution >= 0.6 is 0 Å². The van der Waals surface area contributed by atoms with E-state index in [1.54, 1.807) is 0 Å². The molecule has 7 nitrogen and oxygen atoms in total. The molecule has 0 atom stereocenters. The SMILES string of the molecule is Cc1cc([N+](=O)[O-])ccc1S(=O)(=O)N(C)CC(C)(C)O. The van der Waals surface area contributed by atoms with Gasteiger partial charge in [-0.25, -0.2) is 8.42 Å². The van der Waals surface area contributed by atoms with Crippen molar-refractivity contribution in [1.29, 1.82) is 0 Å². The summed E-state index contributed by atoms with van der Waals surface area (Å²) in [6, 6.07) is 3.58. The summed E-state index contributed by atoms with van der Waals surface area (Å²) < 4.78 is 25.7. The van der Waals surface area contributed by atoms with Gasteiger partial charge in [0, 0.05) is 25.7 Å². The maximum absolute atomic E-state index is 12.4. The standard InChI is InChI=1S/C12H18N2O5S/c1-9-7-10(14(16)17)5-6-11(9)20(18,19)13(4)8-12(2,3)15/h5-7,15H,8H2,1-4H3. The van der Waals surface area contributed by atoms with Gasteiger partial charge in [0.05, 0.1) is 15.4 Å². The third kappa shape index (κ3) is 3.75. The van der Waals surface area contributed by atoms with Gasteiger partial charge in [-0.3, -0.25) is 10.1 Å². The third-order valence-electron chi connectivity index (χ3n) is 2.67.